The van der Waals surface area contributed by atoms with Crippen LogP contribution in [0, 0.1) is 0 Å². The van der Waals surface area contributed by atoms with E-state index in [1.807, 2.05) is 36.4 Å². The van der Waals surface area contributed by atoms with Crippen molar-refractivity contribution in [3.63, 3.8) is 0 Å². The Morgan fingerprint density at radius 1 is 1.00 bits per heavy atom. The van der Waals surface area contributed by atoms with Crippen LogP contribution in [0.3, 0.4) is 0 Å². The average molecular weight is 516 g/mol. The van der Waals surface area contributed by atoms with Gasteiger partial charge in [0.2, 0.25) is 11.8 Å². The van der Waals surface area contributed by atoms with Crippen LogP contribution in [0.15, 0.2) is 93.8 Å². The largest absolute Gasteiger partial charge is 0.507 e. The molecule has 1 amide bonds. The average Bonchev–Trinajstić information content (AvgIpc) is 3.50. The molecule has 2 aromatic heterocycles. The van der Waals surface area contributed by atoms with E-state index in [1.54, 1.807) is 42.5 Å². The van der Waals surface area contributed by atoms with Crippen LogP contribution >= 0.6 is 23.8 Å². The maximum absolute atomic E-state index is 12.3. The Morgan fingerprint density at radius 3 is 2.58 bits per heavy atom. The number of benzene rings is 3. The van der Waals surface area contributed by atoms with Crippen LogP contribution in [0.2, 0.25) is 5.02 Å². The quantitative estimate of drug-likeness (QED) is 0.178. The van der Waals surface area contributed by atoms with E-state index in [4.69, 9.17) is 32.7 Å². The molecule has 178 valence electrons. The lowest BCUT2D eigenvalue weighted by atomic mass is 10.2. The van der Waals surface area contributed by atoms with Gasteiger partial charge in [-0.2, -0.15) is 0 Å². The van der Waals surface area contributed by atoms with E-state index in [0.717, 1.165) is 5.56 Å². The van der Waals surface area contributed by atoms with Crippen LogP contribution in [0.25, 0.3) is 40.0 Å². The van der Waals surface area contributed by atoms with Gasteiger partial charge in [-0.1, -0.05) is 23.7 Å². The van der Waals surface area contributed by atoms with Gasteiger partial charge in [0.05, 0.1) is 5.56 Å². The van der Waals surface area contributed by atoms with Gasteiger partial charge in [-0.3, -0.25) is 10.1 Å². The molecule has 0 atom stereocenters. The van der Waals surface area contributed by atoms with Gasteiger partial charge in [-0.05, 0) is 79.0 Å². The number of phenols is 1. The molecule has 0 bridgehead atoms. The van der Waals surface area contributed by atoms with E-state index in [9.17, 15) is 9.90 Å². The molecule has 0 aliphatic heterocycles. The number of nitrogens with one attached hydrogen (secondary N) is 2. The second-order valence-electron chi connectivity index (χ2n) is 7.70. The van der Waals surface area contributed by atoms with Gasteiger partial charge in [0.1, 0.15) is 22.8 Å². The Morgan fingerprint density at radius 2 is 1.81 bits per heavy atom. The van der Waals surface area contributed by atoms with Crippen molar-refractivity contribution in [1.82, 2.24) is 10.3 Å². The number of aromatic hydroxyl groups is 1. The Labute approximate surface area is 216 Å². The molecule has 36 heavy (non-hydrogen) atoms. The Balaban J connectivity index is 1.19. The van der Waals surface area contributed by atoms with Gasteiger partial charge in [0, 0.05) is 28.4 Å². The number of rotatable bonds is 5. The van der Waals surface area contributed by atoms with Crippen molar-refractivity contribution in [3.05, 3.63) is 95.7 Å². The third-order valence-corrected chi connectivity index (χ3v) is 5.63. The van der Waals surface area contributed by atoms with Gasteiger partial charge < -0.3 is 19.3 Å². The number of hydrogen-bond donors (Lipinski definition) is 3. The molecule has 0 radical (unpaired) electrons. The number of aromatic nitrogens is 1. The molecule has 0 unspecified atom stereocenters. The van der Waals surface area contributed by atoms with Crippen molar-refractivity contribution in [1.29, 1.82) is 0 Å². The van der Waals surface area contributed by atoms with Gasteiger partial charge in [-0.15, -0.1) is 0 Å². The smallest absolute Gasteiger partial charge is 0.250 e. The van der Waals surface area contributed by atoms with Gasteiger partial charge in [0.15, 0.2) is 10.7 Å². The number of phenolic OH excluding ortho intramolecular Hbond substituents is 1. The standard InChI is InChI=1S/C27H18ClN3O4S/c28-17-7-5-16(6-8-17)23-13-10-19(34-23)11-14-25(33)31-27(36)29-18-9-12-20(22(32)15-18)26-30-21-3-1-2-4-24(21)35-26/h1-15,32H,(H2,29,31,33,36). The molecule has 7 nitrogen and oxygen atoms in total. The molecule has 3 N–H and O–H groups in total. The molecule has 0 spiro atoms. The van der Waals surface area contributed by atoms with Crippen LogP contribution < -0.4 is 10.6 Å². The lowest BCUT2D eigenvalue weighted by Gasteiger charge is -2.09. The second kappa shape index (κ2) is 10.1. The molecule has 3 aromatic carbocycles. The fraction of sp³-hybridized carbons (Fsp3) is 0. The van der Waals surface area contributed by atoms with Crippen molar-refractivity contribution in [2.45, 2.75) is 0 Å². The molecule has 5 rings (SSSR count). The van der Waals surface area contributed by atoms with Gasteiger partial charge in [0.25, 0.3) is 0 Å². The third kappa shape index (κ3) is 5.30. The number of oxazole rings is 1. The van der Waals surface area contributed by atoms with E-state index in [-0.39, 0.29) is 10.9 Å². The lowest BCUT2D eigenvalue weighted by Crippen LogP contribution is -2.32. The topological polar surface area (TPSA) is 101 Å². The number of fused-ring (bicyclic) bond motifs is 1. The van der Waals surface area contributed by atoms with Crippen LogP contribution in [-0.2, 0) is 4.79 Å². The number of hydrogen-bond acceptors (Lipinski definition) is 6. The molecule has 9 heteroatoms. The predicted molar refractivity (Wildman–Crippen MR) is 144 cm³/mol. The summed E-state index contributed by atoms with van der Waals surface area (Å²) in [5.74, 6) is 0.983. The highest BCUT2D eigenvalue weighted by atomic mass is 35.5. The van der Waals surface area contributed by atoms with Crippen molar-refractivity contribution >= 4 is 57.7 Å². The Kier molecular flexibility index (Phi) is 6.53. The van der Waals surface area contributed by atoms with E-state index < -0.39 is 5.91 Å². The summed E-state index contributed by atoms with van der Waals surface area (Å²) < 4.78 is 11.5. The number of amides is 1. The molecule has 2 heterocycles. The molecular formula is C27H18ClN3O4S. The summed E-state index contributed by atoms with van der Waals surface area (Å²) in [6, 6.07) is 23.0. The zero-order chi connectivity index (χ0) is 25.1. The maximum atomic E-state index is 12.3. The molecular weight excluding hydrogens is 498 g/mol. The number of halogens is 1. The van der Waals surface area contributed by atoms with Crippen LogP contribution in [0.4, 0.5) is 5.69 Å². The summed E-state index contributed by atoms with van der Waals surface area (Å²) >= 11 is 11.1. The molecule has 0 saturated heterocycles. The van der Waals surface area contributed by atoms with E-state index in [0.29, 0.717) is 44.8 Å². The molecule has 0 saturated carbocycles. The number of carbonyl (C=O) groups excluding carboxylic acids is 1. The lowest BCUT2D eigenvalue weighted by molar-refractivity contribution is -0.115. The third-order valence-electron chi connectivity index (χ3n) is 5.17. The van der Waals surface area contributed by atoms with Crippen molar-refractivity contribution in [3.8, 4) is 28.5 Å². The monoisotopic (exact) mass is 515 g/mol. The zero-order valence-corrected chi connectivity index (χ0v) is 20.1. The predicted octanol–water partition coefficient (Wildman–Crippen LogP) is 6.64. The fourth-order valence-corrected chi connectivity index (χ4v) is 3.81. The van der Waals surface area contributed by atoms with Crippen molar-refractivity contribution < 1.29 is 18.7 Å². The Hall–Kier alpha value is -4.40. The highest BCUT2D eigenvalue weighted by Crippen LogP contribution is 2.33. The molecule has 0 fully saturated rings. The number of nitrogens with zero attached hydrogens (tertiary/aromatic N) is 1. The zero-order valence-electron chi connectivity index (χ0n) is 18.6. The number of anilines is 1. The minimum absolute atomic E-state index is 0.0464. The van der Waals surface area contributed by atoms with Crippen LogP contribution in [0.5, 0.6) is 5.75 Å². The minimum Gasteiger partial charge on any atom is -0.507 e. The number of thiocarbonyl (C=S) groups is 1. The first-order valence-corrected chi connectivity index (χ1v) is 11.6. The summed E-state index contributed by atoms with van der Waals surface area (Å²) in [7, 11) is 0. The summed E-state index contributed by atoms with van der Waals surface area (Å²) in [5, 5.41) is 16.6. The normalized spacial score (nSPS) is 11.1. The van der Waals surface area contributed by atoms with Crippen LogP contribution in [-0.4, -0.2) is 21.1 Å². The number of para-hydroxylation sites is 2. The molecule has 5 aromatic rings. The molecule has 0 aliphatic rings. The van der Waals surface area contributed by atoms with Crippen molar-refractivity contribution in [2.75, 3.05) is 5.32 Å². The highest BCUT2D eigenvalue weighted by molar-refractivity contribution is 7.80. The first kappa shape index (κ1) is 23.3. The summed E-state index contributed by atoms with van der Waals surface area (Å²) in [6.07, 6.45) is 2.85. The van der Waals surface area contributed by atoms with E-state index >= 15 is 0 Å². The minimum atomic E-state index is -0.440. The van der Waals surface area contributed by atoms with E-state index in [1.165, 1.54) is 12.1 Å². The Bertz CT molecular complexity index is 1570. The highest BCUT2D eigenvalue weighted by Gasteiger charge is 2.13. The summed E-state index contributed by atoms with van der Waals surface area (Å²) in [5.41, 5.74) is 3.12. The van der Waals surface area contributed by atoms with Crippen molar-refractivity contribution in [2.24, 2.45) is 0 Å². The second-order valence-corrected chi connectivity index (χ2v) is 8.55. The maximum Gasteiger partial charge on any atom is 0.250 e. The SMILES string of the molecule is O=C(C=Cc1ccc(-c2ccc(Cl)cc2)o1)NC(=S)Nc1ccc(-c2nc3ccccc3o2)c(O)c1. The first-order valence-electron chi connectivity index (χ1n) is 10.8. The number of carbonyl (C=O) groups is 1. The fourth-order valence-electron chi connectivity index (χ4n) is 3.46. The number of furan rings is 1. The van der Waals surface area contributed by atoms with Crippen LogP contribution in [0.1, 0.15) is 5.76 Å². The van der Waals surface area contributed by atoms with Gasteiger partial charge >= 0.3 is 0 Å². The van der Waals surface area contributed by atoms with E-state index in [2.05, 4.69) is 15.6 Å². The summed E-state index contributed by atoms with van der Waals surface area (Å²) in [4.78, 5) is 16.7. The van der Waals surface area contributed by atoms with Gasteiger partial charge in [-0.25, -0.2) is 4.98 Å². The summed E-state index contributed by atoms with van der Waals surface area (Å²) in [6.45, 7) is 0. The first-order chi connectivity index (χ1) is 17.4. The molecule has 0 aliphatic carbocycles.